The van der Waals surface area contributed by atoms with Crippen molar-refractivity contribution in [1.82, 2.24) is 0 Å². The highest BCUT2D eigenvalue weighted by atomic mass is 19.1. The van der Waals surface area contributed by atoms with Gasteiger partial charge in [-0.25, -0.2) is 4.39 Å². The Balaban J connectivity index is 2.41. The lowest BCUT2D eigenvalue weighted by atomic mass is 9.58. The Kier molecular flexibility index (Phi) is 3.62. The van der Waals surface area contributed by atoms with Crippen LogP contribution in [0.3, 0.4) is 0 Å². The normalized spacial score (nSPS) is 23.4. The van der Waals surface area contributed by atoms with Crippen molar-refractivity contribution in [3.8, 4) is 5.75 Å². The van der Waals surface area contributed by atoms with Crippen LogP contribution in [0.4, 0.5) is 4.39 Å². The fraction of sp³-hybridized carbons (Fsp3) is 0.647. The number of aliphatic hydroxyl groups is 1. The van der Waals surface area contributed by atoms with Gasteiger partial charge in [0.2, 0.25) is 0 Å². The van der Waals surface area contributed by atoms with Crippen molar-refractivity contribution < 1.29 is 14.2 Å². The predicted octanol–water partition coefficient (Wildman–Crippen LogP) is 4.26. The number of hydrogen-bond donors (Lipinski definition) is 1. The maximum atomic E-state index is 13.9. The molecule has 0 heterocycles. The molecule has 1 aliphatic rings. The summed E-state index contributed by atoms with van der Waals surface area (Å²) in [6, 6.07) is 4.78. The third-order valence-electron chi connectivity index (χ3n) is 4.19. The van der Waals surface area contributed by atoms with Crippen molar-refractivity contribution in [1.29, 1.82) is 0 Å². The van der Waals surface area contributed by atoms with Gasteiger partial charge < -0.3 is 9.84 Å². The van der Waals surface area contributed by atoms with Gasteiger partial charge in [-0.1, -0.05) is 33.8 Å². The molecular formula is C17H25FO2. The standard InChI is InChI=1S/C17H25FO2/c1-15(2)9-16(3,4)11-17(19,10-15)12-6-7-14(20-5)13(18)8-12/h6-8,19H,9-11H2,1-5H3. The number of hydrogen-bond acceptors (Lipinski definition) is 2. The summed E-state index contributed by atoms with van der Waals surface area (Å²) in [5, 5.41) is 11.1. The van der Waals surface area contributed by atoms with Crippen molar-refractivity contribution in [3.63, 3.8) is 0 Å². The molecule has 1 aromatic rings. The van der Waals surface area contributed by atoms with Gasteiger partial charge in [0.25, 0.3) is 0 Å². The molecule has 0 radical (unpaired) electrons. The minimum atomic E-state index is -0.974. The minimum Gasteiger partial charge on any atom is -0.494 e. The van der Waals surface area contributed by atoms with Gasteiger partial charge in [-0.3, -0.25) is 0 Å². The first kappa shape index (κ1) is 15.3. The second-order valence-electron chi connectivity index (χ2n) is 7.74. The van der Waals surface area contributed by atoms with Gasteiger partial charge >= 0.3 is 0 Å². The number of benzene rings is 1. The molecule has 2 rings (SSSR count). The van der Waals surface area contributed by atoms with Crippen LogP contribution < -0.4 is 4.74 Å². The lowest BCUT2D eigenvalue weighted by molar-refractivity contribution is -0.0914. The third-order valence-corrected chi connectivity index (χ3v) is 4.19. The molecule has 1 aromatic carbocycles. The van der Waals surface area contributed by atoms with E-state index in [4.69, 9.17) is 4.74 Å². The van der Waals surface area contributed by atoms with E-state index in [2.05, 4.69) is 27.7 Å². The molecule has 1 saturated carbocycles. The molecule has 2 nitrogen and oxygen atoms in total. The second-order valence-corrected chi connectivity index (χ2v) is 7.74. The fourth-order valence-corrected chi connectivity index (χ4v) is 4.23. The van der Waals surface area contributed by atoms with Gasteiger partial charge in [-0.2, -0.15) is 0 Å². The van der Waals surface area contributed by atoms with E-state index in [1.807, 2.05) is 0 Å². The Morgan fingerprint density at radius 3 is 2.05 bits per heavy atom. The van der Waals surface area contributed by atoms with E-state index in [0.29, 0.717) is 18.4 Å². The Morgan fingerprint density at radius 2 is 1.60 bits per heavy atom. The summed E-state index contributed by atoms with van der Waals surface area (Å²) in [5.41, 5.74) is -0.255. The highest BCUT2D eigenvalue weighted by Crippen LogP contribution is 2.53. The molecule has 20 heavy (non-hydrogen) atoms. The van der Waals surface area contributed by atoms with Crippen LogP contribution in [0, 0.1) is 16.6 Å². The molecule has 0 unspecified atom stereocenters. The first-order valence-electron chi connectivity index (χ1n) is 7.13. The Labute approximate surface area is 121 Å². The number of rotatable bonds is 2. The van der Waals surface area contributed by atoms with Crippen molar-refractivity contribution in [2.24, 2.45) is 10.8 Å². The van der Waals surface area contributed by atoms with Crippen molar-refractivity contribution >= 4 is 0 Å². The molecular weight excluding hydrogens is 255 g/mol. The van der Waals surface area contributed by atoms with Gasteiger partial charge in [0.15, 0.2) is 11.6 Å². The number of ether oxygens (including phenoxy) is 1. The zero-order valence-electron chi connectivity index (χ0n) is 13.1. The summed E-state index contributed by atoms with van der Waals surface area (Å²) >= 11 is 0. The van der Waals surface area contributed by atoms with Crippen LogP contribution in [-0.4, -0.2) is 12.2 Å². The molecule has 0 saturated heterocycles. The zero-order chi connectivity index (χ0) is 15.2. The van der Waals surface area contributed by atoms with Crippen LogP contribution in [0.25, 0.3) is 0 Å². The van der Waals surface area contributed by atoms with E-state index in [-0.39, 0.29) is 16.6 Å². The van der Waals surface area contributed by atoms with Crippen LogP contribution in [0.15, 0.2) is 18.2 Å². The summed E-state index contributed by atoms with van der Waals surface area (Å²) in [5.74, 6) is -0.203. The van der Waals surface area contributed by atoms with Crippen LogP contribution >= 0.6 is 0 Å². The molecule has 1 N–H and O–H groups in total. The largest absolute Gasteiger partial charge is 0.494 e. The monoisotopic (exact) mass is 280 g/mol. The van der Waals surface area contributed by atoms with Crippen LogP contribution in [0.5, 0.6) is 5.75 Å². The molecule has 0 atom stereocenters. The van der Waals surface area contributed by atoms with E-state index in [0.717, 1.165) is 6.42 Å². The smallest absolute Gasteiger partial charge is 0.165 e. The Hall–Kier alpha value is -1.09. The van der Waals surface area contributed by atoms with Crippen LogP contribution in [0.2, 0.25) is 0 Å². The van der Waals surface area contributed by atoms with Crippen molar-refractivity contribution in [2.45, 2.75) is 52.6 Å². The number of halogens is 1. The molecule has 112 valence electrons. The van der Waals surface area contributed by atoms with E-state index >= 15 is 0 Å². The lowest BCUT2D eigenvalue weighted by Crippen LogP contribution is -2.44. The topological polar surface area (TPSA) is 29.5 Å². The Bertz CT molecular complexity index is 490. The average molecular weight is 280 g/mol. The van der Waals surface area contributed by atoms with E-state index < -0.39 is 11.4 Å². The highest BCUT2D eigenvalue weighted by molar-refractivity contribution is 5.33. The first-order valence-corrected chi connectivity index (χ1v) is 7.13. The molecule has 0 bridgehead atoms. The highest BCUT2D eigenvalue weighted by Gasteiger charge is 2.47. The van der Waals surface area contributed by atoms with E-state index in [9.17, 15) is 9.50 Å². The van der Waals surface area contributed by atoms with E-state index in [1.54, 1.807) is 12.1 Å². The summed E-state index contributed by atoms with van der Waals surface area (Å²) in [7, 11) is 1.44. The third kappa shape index (κ3) is 2.98. The quantitative estimate of drug-likeness (QED) is 0.877. The van der Waals surface area contributed by atoms with Gasteiger partial charge in [0.05, 0.1) is 12.7 Å². The maximum Gasteiger partial charge on any atom is 0.165 e. The summed E-state index contributed by atoms with van der Waals surface area (Å²) in [6.45, 7) is 8.66. The van der Waals surface area contributed by atoms with Gasteiger partial charge in [-0.05, 0) is 47.8 Å². The number of methoxy groups -OCH3 is 1. The molecule has 1 fully saturated rings. The van der Waals surface area contributed by atoms with Gasteiger partial charge in [0.1, 0.15) is 0 Å². The van der Waals surface area contributed by atoms with Crippen molar-refractivity contribution in [2.75, 3.05) is 7.11 Å². The van der Waals surface area contributed by atoms with E-state index in [1.165, 1.54) is 13.2 Å². The van der Waals surface area contributed by atoms with Crippen molar-refractivity contribution in [3.05, 3.63) is 29.6 Å². The SMILES string of the molecule is COc1ccc(C2(O)CC(C)(C)CC(C)(C)C2)cc1F. The van der Waals surface area contributed by atoms with Gasteiger partial charge in [-0.15, -0.1) is 0 Å². The molecule has 0 aromatic heterocycles. The lowest BCUT2D eigenvalue weighted by Gasteiger charge is -2.49. The maximum absolute atomic E-state index is 13.9. The molecule has 1 aliphatic carbocycles. The predicted molar refractivity (Wildman–Crippen MR) is 78.3 cm³/mol. The zero-order valence-corrected chi connectivity index (χ0v) is 13.1. The van der Waals surface area contributed by atoms with Crippen LogP contribution in [-0.2, 0) is 5.60 Å². The molecule has 0 spiro atoms. The van der Waals surface area contributed by atoms with Crippen LogP contribution in [0.1, 0.15) is 52.5 Å². The summed E-state index contributed by atoms with van der Waals surface area (Å²) < 4.78 is 18.9. The molecule has 3 heteroatoms. The minimum absolute atomic E-state index is 0.0346. The Morgan fingerprint density at radius 1 is 1.05 bits per heavy atom. The molecule has 0 aliphatic heterocycles. The first-order chi connectivity index (χ1) is 9.07. The molecule has 0 amide bonds. The average Bonchev–Trinajstić information content (AvgIpc) is 2.23. The summed E-state index contributed by atoms with van der Waals surface area (Å²) in [6.07, 6.45) is 2.35. The fourth-order valence-electron chi connectivity index (χ4n) is 4.23. The van der Waals surface area contributed by atoms with Gasteiger partial charge in [0, 0.05) is 0 Å². The second kappa shape index (κ2) is 4.73. The summed E-state index contributed by atoms with van der Waals surface area (Å²) in [4.78, 5) is 0.